The molecule has 0 aromatic heterocycles. The fraction of sp³-hybridized carbons (Fsp3) is 1.00. The molecule has 0 spiro atoms. The van der Waals surface area contributed by atoms with Crippen LogP contribution < -0.4 is 0 Å². The van der Waals surface area contributed by atoms with Crippen molar-refractivity contribution >= 4 is 0 Å². The summed E-state index contributed by atoms with van der Waals surface area (Å²) in [5.41, 5.74) is 0. The highest BCUT2D eigenvalue weighted by atomic mass is 16.2. The van der Waals surface area contributed by atoms with Gasteiger partial charge in [0.2, 0.25) is 0 Å². The largest absolute Gasteiger partial charge is 0.237 e. The molecule has 0 saturated heterocycles. The maximum Gasteiger partial charge on any atom is 0.0824 e. The van der Waals surface area contributed by atoms with Crippen LogP contribution in [0.5, 0.6) is 0 Å². The van der Waals surface area contributed by atoms with Crippen LogP contribution in [-0.4, -0.2) is 6.61 Å². The Morgan fingerprint density at radius 1 is 1.00 bits per heavy atom. The summed E-state index contributed by atoms with van der Waals surface area (Å²) in [6.07, 6.45) is 4.69. The maximum atomic E-state index is 10.2. The summed E-state index contributed by atoms with van der Waals surface area (Å²) in [6, 6.07) is 0. The summed E-state index contributed by atoms with van der Waals surface area (Å²) in [5.74, 6) is 1.46. The van der Waals surface area contributed by atoms with E-state index in [2.05, 4.69) is 20.8 Å². The standard InChI is InChI=1S/C10H21O/c1-9(2)5-4-6-10(3)7-8-11/h9-10H,4-8H2,1-3H3/t10-/m0/s1. The first-order valence-corrected chi connectivity index (χ1v) is 4.75. The van der Waals surface area contributed by atoms with E-state index < -0.39 is 0 Å². The smallest absolute Gasteiger partial charge is 0.0824 e. The van der Waals surface area contributed by atoms with Crippen molar-refractivity contribution in [1.29, 1.82) is 0 Å². The minimum atomic E-state index is 0.100. The minimum Gasteiger partial charge on any atom is -0.237 e. The summed E-state index contributed by atoms with van der Waals surface area (Å²) in [7, 11) is 0. The van der Waals surface area contributed by atoms with Gasteiger partial charge >= 0.3 is 0 Å². The van der Waals surface area contributed by atoms with Crippen LogP contribution in [0.4, 0.5) is 0 Å². The predicted molar refractivity (Wildman–Crippen MR) is 48.0 cm³/mol. The summed E-state index contributed by atoms with van der Waals surface area (Å²) in [5, 5.41) is 10.2. The molecule has 0 aliphatic carbocycles. The van der Waals surface area contributed by atoms with Gasteiger partial charge in [-0.25, -0.2) is 5.11 Å². The van der Waals surface area contributed by atoms with Crippen molar-refractivity contribution in [3.05, 3.63) is 0 Å². The second-order valence-electron chi connectivity index (χ2n) is 3.92. The van der Waals surface area contributed by atoms with Gasteiger partial charge in [-0.05, 0) is 18.3 Å². The summed E-state index contributed by atoms with van der Waals surface area (Å²) >= 11 is 0. The van der Waals surface area contributed by atoms with Gasteiger partial charge in [0, 0.05) is 0 Å². The zero-order valence-electron chi connectivity index (χ0n) is 8.10. The van der Waals surface area contributed by atoms with E-state index in [-0.39, 0.29) is 6.61 Å². The topological polar surface area (TPSA) is 19.9 Å². The van der Waals surface area contributed by atoms with Crippen LogP contribution in [0.15, 0.2) is 0 Å². The Morgan fingerprint density at radius 2 is 1.64 bits per heavy atom. The molecule has 0 aromatic carbocycles. The Morgan fingerprint density at radius 3 is 2.09 bits per heavy atom. The van der Waals surface area contributed by atoms with E-state index >= 15 is 0 Å². The van der Waals surface area contributed by atoms with E-state index in [1.807, 2.05) is 0 Å². The fourth-order valence-corrected chi connectivity index (χ4v) is 1.22. The van der Waals surface area contributed by atoms with Gasteiger partial charge in [0.15, 0.2) is 0 Å². The molecule has 0 amide bonds. The van der Waals surface area contributed by atoms with Crippen LogP contribution in [0.1, 0.15) is 46.5 Å². The average molecular weight is 157 g/mol. The lowest BCUT2D eigenvalue weighted by atomic mass is 9.98. The van der Waals surface area contributed by atoms with Gasteiger partial charge in [-0.15, -0.1) is 0 Å². The van der Waals surface area contributed by atoms with Crippen molar-refractivity contribution in [2.24, 2.45) is 11.8 Å². The Kier molecular flexibility index (Phi) is 6.63. The molecule has 67 valence electrons. The Bertz CT molecular complexity index is 78.9. The monoisotopic (exact) mass is 157 g/mol. The Labute approximate surface area is 70.8 Å². The van der Waals surface area contributed by atoms with Crippen LogP contribution in [-0.2, 0) is 5.11 Å². The van der Waals surface area contributed by atoms with Gasteiger partial charge in [0.1, 0.15) is 0 Å². The second kappa shape index (κ2) is 6.66. The van der Waals surface area contributed by atoms with E-state index in [1.165, 1.54) is 19.3 Å². The lowest BCUT2D eigenvalue weighted by molar-refractivity contribution is 0.170. The van der Waals surface area contributed by atoms with Crippen LogP contribution in [0.25, 0.3) is 0 Å². The summed E-state index contributed by atoms with van der Waals surface area (Å²) < 4.78 is 0. The van der Waals surface area contributed by atoms with Crippen molar-refractivity contribution in [1.82, 2.24) is 0 Å². The third-order valence-corrected chi connectivity index (χ3v) is 2.09. The third-order valence-electron chi connectivity index (χ3n) is 2.09. The lowest BCUT2D eigenvalue weighted by Crippen LogP contribution is -1.98. The van der Waals surface area contributed by atoms with Crippen molar-refractivity contribution in [3.8, 4) is 0 Å². The first kappa shape index (κ1) is 11.0. The van der Waals surface area contributed by atoms with E-state index in [1.54, 1.807) is 0 Å². The number of hydrogen-bond acceptors (Lipinski definition) is 0. The SMILES string of the molecule is CC(C)CCC[C@H](C)CC[O]. The van der Waals surface area contributed by atoms with Crippen LogP contribution >= 0.6 is 0 Å². The van der Waals surface area contributed by atoms with Crippen LogP contribution in [0, 0.1) is 11.8 Å². The van der Waals surface area contributed by atoms with Gasteiger partial charge < -0.3 is 0 Å². The first-order chi connectivity index (χ1) is 5.16. The Hall–Kier alpha value is -0.0400. The molecule has 1 heteroatoms. The molecule has 0 N–H and O–H groups in total. The molecule has 0 unspecified atom stereocenters. The van der Waals surface area contributed by atoms with E-state index in [0.29, 0.717) is 5.92 Å². The molecule has 11 heavy (non-hydrogen) atoms. The third kappa shape index (κ3) is 7.86. The van der Waals surface area contributed by atoms with E-state index in [4.69, 9.17) is 0 Å². The zero-order chi connectivity index (χ0) is 8.69. The van der Waals surface area contributed by atoms with Crippen molar-refractivity contribution < 1.29 is 5.11 Å². The molecule has 0 aliphatic rings. The maximum absolute atomic E-state index is 10.2. The zero-order valence-corrected chi connectivity index (χ0v) is 8.10. The molecular formula is C10H21O. The van der Waals surface area contributed by atoms with Crippen LogP contribution in [0.3, 0.4) is 0 Å². The van der Waals surface area contributed by atoms with Gasteiger partial charge in [0.25, 0.3) is 0 Å². The molecule has 0 saturated carbocycles. The normalized spacial score (nSPS) is 13.9. The highest BCUT2D eigenvalue weighted by Crippen LogP contribution is 2.14. The van der Waals surface area contributed by atoms with Crippen LogP contribution in [0.2, 0.25) is 0 Å². The van der Waals surface area contributed by atoms with Gasteiger partial charge in [0.05, 0.1) is 6.61 Å². The minimum absolute atomic E-state index is 0.100. The van der Waals surface area contributed by atoms with Gasteiger partial charge in [-0.2, -0.15) is 0 Å². The predicted octanol–water partition coefficient (Wildman–Crippen LogP) is 3.27. The fourth-order valence-electron chi connectivity index (χ4n) is 1.22. The van der Waals surface area contributed by atoms with Crippen molar-refractivity contribution in [2.45, 2.75) is 46.5 Å². The quantitative estimate of drug-likeness (QED) is 0.564. The van der Waals surface area contributed by atoms with Crippen molar-refractivity contribution in [2.75, 3.05) is 6.61 Å². The average Bonchev–Trinajstić information content (AvgIpc) is 1.87. The molecular weight excluding hydrogens is 136 g/mol. The first-order valence-electron chi connectivity index (χ1n) is 4.75. The van der Waals surface area contributed by atoms with Crippen molar-refractivity contribution in [3.63, 3.8) is 0 Å². The van der Waals surface area contributed by atoms with Gasteiger partial charge in [-0.1, -0.05) is 40.0 Å². The van der Waals surface area contributed by atoms with E-state index in [0.717, 1.165) is 12.3 Å². The molecule has 0 aliphatic heterocycles. The molecule has 0 bridgehead atoms. The highest BCUT2D eigenvalue weighted by Gasteiger charge is 2.01. The molecule has 0 rings (SSSR count). The van der Waals surface area contributed by atoms with Gasteiger partial charge in [-0.3, -0.25) is 0 Å². The molecule has 1 nitrogen and oxygen atoms in total. The molecule has 0 heterocycles. The second-order valence-corrected chi connectivity index (χ2v) is 3.92. The number of rotatable bonds is 6. The van der Waals surface area contributed by atoms with E-state index in [9.17, 15) is 5.11 Å². The summed E-state index contributed by atoms with van der Waals surface area (Å²) in [6.45, 7) is 6.78. The lowest BCUT2D eigenvalue weighted by Gasteiger charge is -2.09. The molecule has 1 radical (unpaired) electrons. The number of hydrogen-bond donors (Lipinski definition) is 0. The Balaban J connectivity index is 3.10. The summed E-state index contributed by atoms with van der Waals surface area (Å²) in [4.78, 5) is 0. The molecule has 1 atom stereocenters. The highest BCUT2D eigenvalue weighted by molar-refractivity contribution is 4.54. The molecule has 0 fully saturated rings. The molecule has 0 aromatic rings.